The van der Waals surface area contributed by atoms with Gasteiger partial charge in [-0.1, -0.05) is 44.2 Å². The molecule has 4 aromatic heterocycles. The van der Waals surface area contributed by atoms with Crippen LogP contribution in [-0.2, 0) is 4.79 Å². The number of nitrogens with zero attached hydrogens (tertiary/aromatic N) is 6. The summed E-state index contributed by atoms with van der Waals surface area (Å²) in [4.78, 5) is 49.4. The molecule has 2 aliphatic rings. The maximum absolute atomic E-state index is 13.6. The van der Waals surface area contributed by atoms with Crippen LogP contribution in [0, 0.1) is 12.8 Å². The van der Waals surface area contributed by atoms with Crippen molar-refractivity contribution in [3.05, 3.63) is 88.4 Å². The summed E-state index contributed by atoms with van der Waals surface area (Å²) in [5.74, 6) is 0.0415. The predicted octanol–water partition coefficient (Wildman–Crippen LogP) is 4.97. The molecule has 0 atom stereocenters. The molecule has 5 aromatic rings. The molecule has 1 saturated heterocycles. The van der Waals surface area contributed by atoms with Crippen LogP contribution < -0.4 is 16.9 Å². The molecule has 7 rings (SSSR count). The van der Waals surface area contributed by atoms with Crippen molar-refractivity contribution in [2.45, 2.75) is 58.4 Å². The topological polar surface area (TPSA) is 154 Å². The predicted molar refractivity (Wildman–Crippen MR) is 181 cm³/mol. The van der Waals surface area contributed by atoms with Crippen molar-refractivity contribution in [2.24, 2.45) is 11.7 Å². The smallest absolute Gasteiger partial charge is 0.254 e. The Balaban J connectivity index is 1.26. The Morgan fingerprint density at radius 3 is 2.28 bits per heavy atom. The van der Waals surface area contributed by atoms with Crippen molar-refractivity contribution < 1.29 is 9.59 Å². The van der Waals surface area contributed by atoms with E-state index in [9.17, 15) is 14.4 Å². The third-order valence-electron chi connectivity index (χ3n) is 9.58. The molecular formula is C36H38N8O3. The molecule has 240 valence electrons. The highest BCUT2D eigenvalue weighted by molar-refractivity contribution is 5.95. The highest BCUT2D eigenvalue weighted by atomic mass is 16.2. The zero-order chi connectivity index (χ0) is 33.0. The minimum atomic E-state index is -0.746. The Morgan fingerprint density at radius 1 is 0.957 bits per heavy atom. The van der Waals surface area contributed by atoms with Crippen LogP contribution in [-0.4, -0.2) is 54.0 Å². The summed E-state index contributed by atoms with van der Waals surface area (Å²) >= 11 is 0. The average molecular weight is 631 g/mol. The fourth-order valence-corrected chi connectivity index (χ4v) is 6.94. The number of primary amides is 1. The fourth-order valence-electron chi connectivity index (χ4n) is 6.94. The Labute approximate surface area is 272 Å². The summed E-state index contributed by atoms with van der Waals surface area (Å²) in [7, 11) is 0. The SMILES string of the molecule is Cc1c(-c2ncccc2-c2ccc(-c3cc(C4CCN(C(=O)C(C)C)CC4)n4ncnc(N)c34)cc2)c(=O)c(C(N)=O)cn1C1CC1. The lowest BCUT2D eigenvalue weighted by atomic mass is 9.92. The fraction of sp³-hybridized carbons (Fsp3) is 0.333. The number of amides is 2. The summed E-state index contributed by atoms with van der Waals surface area (Å²) in [6.45, 7) is 7.19. The van der Waals surface area contributed by atoms with Gasteiger partial charge in [0.15, 0.2) is 5.82 Å². The highest BCUT2D eigenvalue weighted by Crippen LogP contribution is 2.40. The van der Waals surface area contributed by atoms with Crippen molar-refractivity contribution in [2.75, 3.05) is 18.8 Å². The lowest BCUT2D eigenvalue weighted by Crippen LogP contribution is -2.40. The van der Waals surface area contributed by atoms with Crippen LogP contribution >= 0.6 is 0 Å². The van der Waals surface area contributed by atoms with E-state index in [4.69, 9.17) is 11.5 Å². The number of nitrogen functional groups attached to an aromatic ring is 1. The Morgan fingerprint density at radius 2 is 1.64 bits per heavy atom. The number of aromatic nitrogens is 5. The first-order valence-corrected chi connectivity index (χ1v) is 16.2. The molecule has 11 nitrogen and oxygen atoms in total. The molecule has 0 bridgehead atoms. The van der Waals surface area contributed by atoms with Crippen molar-refractivity contribution >= 4 is 23.1 Å². The van der Waals surface area contributed by atoms with Crippen molar-refractivity contribution in [1.82, 2.24) is 29.0 Å². The van der Waals surface area contributed by atoms with Gasteiger partial charge in [0.2, 0.25) is 11.3 Å². The van der Waals surface area contributed by atoms with E-state index in [0.29, 0.717) is 30.2 Å². The van der Waals surface area contributed by atoms with Crippen LogP contribution in [0.2, 0.25) is 0 Å². The Kier molecular flexibility index (Phi) is 7.62. The van der Waals surface area contributed by atoms with Crippen LogP contribution in [0.15, 0.2) is 66.0 Å². The Hall–Kier alpha value is -5.32. The quantitative estimate of drug-likeness (QED) is 0.257. The molecular weight excluding hydrogens is 592 g/mol. The summed E-state index contributed by atoms with van der Waals surface area (Å²) in [5.41, 5.74) is 18.6. The largest absolute Gasteiger partial charge is 0.382 e. The third kappa shape index (κ3) is 5.35. The molecule has 1 aromatic carbocycles. The van der Waals surface area contributed by atoms with Gasteiger partial charge < -0.3 is 20.9 Å². The standard InChI is InChI=1S/C36H38N8O3/c1-20(2)36(47)42-15-12-24(13-16-42)29-17-27(32-34(37)40-19-41-44(29)32)23-8-6-22(7-9-23)26-5-4-14-39-31(26)30-21(3)43(25-10-11-25)18-28(33(30)45)35(38)46/h4-9,14,17-20,24-25H,10-13,15-16H2,1-3H3,(H2,38,46)(H2,37,40,41). The second-order valence-corrected chi connectivity index (χ2v) is 13.0. The van der Waals surface area contributed by atoms with E-state index in [0.717, 1.165) is 64.8 Å². The van der Waals surface area contributed by atoms with Crippen LogP contribution in [0.5, 0.6) is 0 Å². The molecule has 0 unspecified atom stereocenters. The number of pyridine rings is 2. The second-order valence-electron chi connectivity index (χ2n) is 13.0. The van der Waals surface area contributed by atoms with Crippen molar-refractivity contribution in [1.29, 1.82) is 0 Å². The molecule has 1 aliphatic heterocycles. The van der Waals surface area contributed by atoms with E-state index in [2.05, 4.69) is 21.1 Å². The van der Waals surface area contributed by atoms with Gasteiger partial charge in [-0.15, -0.1) is 0 Å². The molecule has 2 amide bonds. The number of likely N-dealkylation sites (tertiary alicyclic amines) is 1. The van der Waals surface area contributed by atoms with Crippen LogP contribution in [0.1, 0.15) is 73.2 Å². The summed E-state index contributed by atoms with van der Waals surface area (Å²) in [6, 6.07) is 14.2. The van der Waals surface area contributed by atoms with E-state index in [-0.39, 0.29) is 29.3 Å². The molecule has 4 N–H and O–H groups in total. The van der Waals surface area contributed by atoms with Gasteiger partial charge in [-0.3, -0.25) is 19.4 Å². The Bertz CT molecular complexity index is 2080. The number of rotatable bonds is 7. The number of fused-ring (bicyclic) bond motifs is 1. The van der Waals surface area contributed by atoms with Gasteiger partial charge in [-0.2, -0.15) is 5.10 Å². The minimum Gasteiger partial charge on any atom is -0.382 e. The van der Waals surface area contributed by atoms with Gasteiger partial charge in [0.05, 0.1) is 11.3 Å². The van der Waals surface area contributed by atoms with Crippen LogP contribution in [0.4, 0.5) is 5.82 Å². The monoisotopic (exact) mass is 630 g/mol. The summed E-state index contributed by atoms with van der Waals surface area (Å²) in [6.07, 6.45) is 8.39. The second kappa shape index (κ2) is 11.8. The molecule has 47 heavy (non-hydrogen) atoms. The molecule has 2 fully saturated rings. The first-order chi connectivity index (χ1) is 22.6. The highest BCUT2D eigenvalue weighted by Gasteiger charge is 2.30. The number of anilines is 1. The molecule has 5 heterocycles. The molecule has 11 heteroatoms. The number of carbonyl (C=O) groups is 2. The zero-order valence-corrected chi connectivity index (χ0v) is 26.8. The van der Waals surface area contributed by atoms with Gasteiger partial charge in [0.25, 0.3) is 5.91 Å². The molecule has 0 radical (unpaired) electrons. The van der Waals surface area contributed by atoms with E-state index in [1.807, 2.05) is 71.2 Å². The van der Waals surface area contributed by atoms with E-state index in [1.54, 1.807) is 12.4 Å². The first-order valence-electron chi connectivity index (χ1n) is 16.2. The normalized spacial score (nSPS) is 15.4. The van der Waals surface area contributed by atoms with Crippen LogP contribution in [0.3, 0.4) is 0 Å². The minimum absolute atomic E-state index is 0.0173. The summed E-state index contributed by atoms with van der Waals surface area (Å²) in [5, 5.41) is 4.59. The number of carbonyl (C=O) groups excluding carboxylic acids is 2. The average Bonchev–Trinajstić information content (AvgIpc) is 3.84. The number of hydrogen-bond acceptors (Lipinski definition) is 7. The van der Waals surface area contributed by atoms with Crippen molar-refractivity contribution in [3.63, 3.8) is 0 Å². The lowest BCUT2D eigenvalue weighted by Gasteiger charge is -2.33. The van der Waals surface area contributed by atoms with E-state index in [1.165, 1.54) is 6.33 Å². The third-order valence-corrected chi connectivity index (χ3v) is 9.58. The van der Waals surface area contributed by atoms with Crippen LogP contribution in [0.25, 0.3) is 39.0 Å². The van der Waals surface area contributed by atoms with Gasteiger partial charge in [0, 0.05) is 65.9 Å². The molecule has 1 aliphatic carbocycles. The molecule has 1 saturated carbocycles. The zero-order valence-electron chi connectivity index (χ0n) is 26.8. The maximum Gasteiger partial charge on any atom is 0.254 e. The molecule has 0 spiro atoms. The van der Waals surface area contributed by atoms with E-state index < -0.39 is 11.3 Å². The van der Waals surface area contributed by atoms with Gasteiger partial charge in [0.1, 0.15) is 17.4 Å². The van der Waals surface area contributed by atoms with Gasteiger partial charge in [-0.05, 0) is 55.9 Å². The van der Waals surface area contributed by atoms with Gasteiger partial charge in [-0.25, -0.2) is 9.50 Å². The van der Waals surface area contributed by atoms with E-state index >= 15 is 0 Å². The van der Waals surface area contributed by atoms with Gasteiger partial charge >= 0.3 is 0 Å². The first kappa shape index (κ1) is 30.3. The maximum atomic E-state index is 13.6. The number of piperidine rings is 1. The van der Waals surface area contributed by atoms with Crippen molar-refractivity contribution in [3.8, 4) is 33.5 Å². The number of nitrogens with two attached hydrogens (primary N) is 2. The number of benzene rings is 1. The summed E-state index contributed by atoms with van der Waals surface area (Å²) < 4.78 is 3.89. The number of hydrogen-bond donors (Lipinski definition) is 2. The lowest BCUT2D eigenvalue weighted by molar-refractivity contribution is -0.135.